The molecule has 12 rings (SSSR count). The normalized spacial score (nSPS) is 11.8. The predicted octanol–water partition coefficient (Wildman–Crippen LogP) is 15.3. The van der Waals surface area contributed by atoms with Crippen LogP contribution in [-0.2, 0) is 0 Å². The van der Waals surface area contributed by atoms with Gasteiger partial charge in [0.2, 0.25) is 5.89 Å². The van der Waals surface area contributed by atoms with Crippen LogP contribution in [0.15, 0.2) is 207 Å². The Morgan fingerprint density at radius 3 is 1.79 bits per heavy atom. The maximum Gasteiger partial charge on any atom is 0.227 e. The molecule has 0 amide bonds. The quantitative estimate of drug-likeness (QED) is 0.170. The summed E-state index contributed by atoms with van der Waals surface area (Å²) in [6.07, 6.45) is 0. The van der Waals surface area contributed by atoms with E-state index in [-0.39, 0.29) is 0 Å². The summed E-state index contributed by atoms with van der Waals surface area (Å²) in [5.41, 5.74) is 13.5. The van der Waals surface area contributed by atoms with Crippen LogP contribution >= 0.6 is 0 Å². The van der Waals surface area contributed by atoms with Gasteiger partial charge in [-0.1, -0.05) is 109 Å². The maximum atomic E-state index is 6.33. The second kappa shape index (κ2) is 12.8. The van der Waals surface area contributed by atoms with E-state index in [1.54, 1.807) is 0 Å². The van der Waals surface area contributed by atoms with Gasteiger partial charge in [-0.05, 0) is 118 Å². The van der Waals surface area contributed by atoms with Crippen LogP contribution in [0.4, 0.5) is 17.1 Å². The van der Waals surface area contributed by atoms with Crippen molar-refractivity contribution in [2.24, 2.45) is 0 Å². The Kier molecular flexibility index (Phi) is 7.16. The van der Waals surface area contributed by atoms with Crippen molar-refractivity contribution in [3.05, 3.63) is 194 Å². The number of anilines is 3. The number of nitrogens with zero attached hydrogens (tertiary/aromatic N) is 2. The molecule has 5 heteroatoms. The molecule has 58 heavy (non-hydrogen) atoms. The number of hydrogen-bond acceptors (Lipinski definition) is 5. The van der Waals surface area contributed by atoms with Gasteiger partial charge < -0.3 is 18.2 Å². The van der Waals surface area contributed by atoms with Gasteiger partial charge in [0.1, 0.15) is 27.8 Å². The SMILES string of the molecule is c1ccc(-c2nc3c(ccc4oc5ccc(-c6ccc(N(c7ccc(-c8cccc9ccccc89)cc7)c7ccc8oc9ccccc9c8c7)cc6)cc5c43)o2)cc1. The molecule has 3 aromatic heterocycles. The van der Waals surface area contributed by atoms with E-state index in [1.165, 1.54) is 21.9 Å². The van der Waals surface area contributed by atoms with Gasteiger partial charge in [0.15, 0.2) is 5.58 Å². The molecule has 5 nitrogen and oxygen atoms in total. The van der Waals surface area contributed by atoms with Gasteiger partial charge in [0.05, 0.1) is 5.39 Å². The van der Waals surface area contributed by atoms with Crippen LogP contribution in [-0.4, -0.2) is 4.98 Å². The maximum absolute atomic E-state index is 6.33. The van der Waals surface area contributed by atoms with Crippen LogP contribution < -0.4 is 4.90 Å². The van der Waals surface area contributed by atoms with E-state index >= 15 is 0 Å². The summed E-state index contributed by atoms with van der Waals surface area (Å²) in [7, 11) is 0. The van der Waals surface area contributed by atoms with Gasteiger partial charge in [-0.2, -0.15) is 0 Å². The summed E-state index contributed by atoms with van der Waals surface area (Å²) in [5.74, 6) is 0.594. The first-order chi connectivity index (χ1) is 28.7. The van der Waals surface area contributed by atoms with Crippen molar-refractivity contribution in [3.8, 4) is 33.7 Å². The fourth-order valence-corrected chi connectivity index (χ4v) is 8.51. The van der Waals surface area contributed by atoms with Crippen LogP contribution in [0, 0.1) is 0 Å². The first kappa shape index (κ1) is 32.4. The topological polar surface area (TPSA) is 55.6 Å². The Morgan fingerprint density at radius 2 is 0.948 bits per heavy atom. The van der Waals surface area contributed by atoms with Crippen molar-refractivity contribution < 1.29 is 13.3 Å². The molecule has 0 bridgehead atoms. The number of oxazole rings is 1. The van der Waals surface area contributed by atoms with Gasteiger partial charge in [0, 0.05) is 38.8 Å². The smallest absolute Gasteiger partial charge is 0.227 e. The van der Waals surface area contributed by atoms with Crippen LogP contribution in [0.3, 0.4) is 0 Å². The van der Waals surface area contributed by atoms with Crippen molar-refractivity contribution in [3.63, 3.8) is 0 Å². The molecular weight excluding hydrogens is 713 g/mol. The van der Waals surface area contributed by atoms with Crippen molar-refractivity contribution in [1.29, 1.82) is 0 Å². The fraction of sp³-hybridized carbons (Fsp3) is 0. The molecule has 0 saturated carbocycles. The minimum absolute atomic E-state index is 0.594. The minimum atomic E-state index is 0.594. The molecule has 0 unspecified atom stereocenters. The molecule has 12 aromatic rings. The lowest BCUT2D eigenvalue weighted by Crippen LogP contribution is -2.09. The average molecular weight is 745 g/mol. The molecule has 0 aliphatic heterocycles. The molecule has 0 fully saturated rings. The monoisotopic (exact) mass is 744 g/mol. The molecule has 3 heterocycles. The molecular formula is C53H32N2O3. The molecule has 0 atom stereocenters. The second-order valence-corrected chi connectivity index (χ2v) is 14.7. The Morgan fingerprint density at radius 1 is 0.345 bits per heavy atom. The third-order valence-electron chi connectivity index (χ3n) is 11.3. The summed E-state index contributed by atoms with van der Waals surface area (Å²) in [4.78, 5) is 7.27. The molecule has 0 N–H and O–H groups in total. The van der Waals surface area contributed by atoms with E-state index in [9.17, 15) is 0 Å². The number of furan rings is 2. The zero-order chi connectivity index (χ0) is 38.2. The Hall–Kier alpha value is -7.89. The lowest BCUT2D eigenvalue weighted by Gasteiger charge is -2.26. The van der Waals surface area contributed by atoms with E-state index < -0.39 is 0 Å². The molecule has 0 spiro atoms. The molecule has 0 saturated heterocycles. The summed E-state index contributed by atoms with van der Waals surface area (Å²) < 4.78 is 18.8. The second-order valence-electron chi connectivity index (χ2n) is 14.7. The van der Waals surface area contributed by atoms with E-state index in [0.29, 0.717) is 5.89 Å². The highest BCUT2D eigenvalue weighted by Gasteiger charge is 2.19. The molecule has 9 aromatic carbocycles. The highest BCUT2D eigenvalue weighted by atomic mass is 16.4. The van der Waals surface area contributed by atoms with Gasteiger partial charge in [-0.3, -0.25) is 0 Å². The minimum Gasteiger partial charge on any atom is -0.456 e. The first-order valence-electron chi connectivity index (χ1n) is 19.4. The van der Waals surface area contributed by atoms with E-state index in [4.69, 9.17) is 18.2 Å². The Labute approximate surface area is 332 Å². The van der Waals surface area contributed by atoms with Gasteiger partial charge in [-0.15, -0.1) is 0 Å². The Balaban J connectivity index is 0.957. The zero-order valence-electron chi connectivity index (χ0n) is 31.1. The highest BCUT2D eigenvalue weighted by Crippen LogP contribution is 2.42. The summed E-state index contributed by atoms with van der Waals surface area (Å²) >= 11 is 0. The number of rotatable bonds is 6. The highest BCUT2D eigenvalue weighted by molar-refractivity contribution is 6.17. The van der Waals surface area contributed by atoms with Gasteiger partial charge in [-0.25, -0.2) is 4.98 Å². The first-order valence-corrected chi connectivity index (χ1v) is 19.4. The van der Waals surface area contributed by atoms with Crippen LogP contribution in [0.1, 0.15) is 0 Å². The van der Waals surface area contributed by atoms with E-state index in [0.717, 1.165) is 88.7 Å². The van der Waals surface area contributed by atoms with Crippen LogP contribution in [0.25, 0.3) is 99.5 Å². The van der Waals surface area contributed by atoms with E-state index in [1.807, 2.05) is 54.6 Å². The molecule has 0 aliphatic carbocycles. The number of hydrogen-bond donors (Lipinski definition) is 0. The van der Waals surface area contributed by atoms with Gasteiger partial charge >= 0.3 is 0 Å². The number of benzene rings is 9. The van der Waals surface area contributed by atoms with E-state index in [2.05, 4.69) is 144 Å². The van der Waals surface area contributed by atoms with Crippen molar-refractivity contribution in [2.75, 3.05) is 4.90 Å². The van der Waals surface area contributed by atoms with Crippen LogP contribution in [0.5, 0.6) is 0 Å². The lowest BCUT2D eigenvalue weighted by atomic mass is 9.98. The third-order valence-corrected chi connectivity index (χ3v) is 11.3. The average Bonchev–Trinajstić information content (AvgIpc) is 4.00. The molecule has 0 radical (unpaired) electrons. The van der Waals surface area contributed by atoms with Crippen molar-refractivity contribution >= 4 is 82.8 Å². The standard InChI is InChI=1S/C53H32N2O3/c1-2-10-36(11-3-1)53-54-52-50(58-53)30-29-49-51(52)45-31-37(21-27-48(45)57-49)33-17-22-38(23-18-33)55(40-26-28-47-44(32-40)43-14-6-7-16-46(43)56-47)39-24-19-35(20-25-39)42-15-8-12-34-9-4-5-13-41(34)42/h1-32H. The third kappa shape index (κ3) is 5.21. The fourth-order valence-electron chi connectivity index (χ4n) is 8.51. The largest absolute Gasteiger partial charge is 0.456 e. The number of aromatic nitrogens is 1. The zero-order valence-corrected chi connectivity index (χ0v) is 31.1. The number of fused-ring (bicyclic) bond motifs is 9. The van der Waals surface area contributed by atoms with Gasteiger partial charge in [0.25, 0.3) is 0 Å². The lowest BCUT2D eigenvalue weighted by molar-refractivity contribution is 0.619. The van der Waals surface area contributed by atoms with Crippen molar-refractivity contribution in [2.45, 2.75) is 0 Å². The Bertz CT molecular complexity index is 3500. The van der Waals surface area contributed by atoms with Crippen molar-refractivity contribution in [1.82, 2.24) is 4.98 Å². The summed E-state index contributed by atoms with van der Waals surface area (Å²) in [6.45, 7) is 0. The summed E-state index contributed by atoms with van der Waals surface area (Å²) in [5, 5.41) is 6.62. The van der Waals surface area contributed by atoms with Crippen LogP contribution in [0.2, 0.25) is 0 Å². The number of para-hydroxylation sites is 1. The predicted molar refractivity (Wildman–Crippen MR) is 237 cm³/mol. The summed E-state index contributed by atoms with van der Waals surface area (Å²) in [6, 6.07) is 67.7. The molecule has 272 valence electrons. The molecule has 0 aliphatic rings.